The van der Waals surface area contributed by atoms with Gasteiger partial charge in [-0.2, -0.15) is 5.26 Å². The van der Waals surface area contributed by atoms with Gasteiger partial charge >= 0.3 is 0 Å². The molecule has 130 valence electrons. The summed E-state index contributed by atoms with van der Waals surface area (Å²) < 4.78 is 18.3. The average molecular weight is 386 g/mol. The van der Waals surface area contributed by atoms with Crippen molar-refractivity contribution < 1.29 is 9.13 Å². The number of halogens is 2. The molecule has 4 nitrogen and oxygen atoms in total. The van der Waals surface area contributed by atoms with E-state index >= 15 is 0 Å². The van der Waals surface area contributed by atoms with Crippen LogP contribution in [0.1, 0.15) is 5.01 Å². The zero-order valence-electron chi connectivity index (χ0n) is 13.7. The number of hydrogen-bond donors (Lipinski definition) is 1. The molecule has 7 heteroatoms. The van der Waals surface area contributed by atoms with Crippen LogP contribution >= 0.6 is 22.9 Å². The molecule has 0 aliphatic carbocycles. The topological polar surface area (TPSA) is 57.9 Å². The van der Waals surface area contributed by atoms with E-state index in [0.717, 1.165) is 5.56 Å². The molecular weight excluding hydrogens is 373 g/mol. The van der Waals surface area contributed by atoms with Gasteiger partial charge < -0.3 is 10.1 Å². The summed E-state index contributed by atoms with van der Waals surface area (Å²) in [7, 11) is 1.55. The molecule has 0 saturated carbocycles. The Morgan fingerprint density at radius 2 is 2.08 bits per heavy atom. The minimum absolute atomic E-state index is 0.304. The van der Waals surface area contributed by atoms with Crippen LogP contribution in [0.5, 0.6) is 5.75 Å². The predicted molar refractivity (Wildman–Crippen MR) is 103 cm³/mol. The van der Waals surface area contributed by atoms with E-state index in [2.05, 4.69) is 16.4 Å². The third-order valence-corrected chi connectivity index (χ3v) is 4.64. The number of allylic oxidation sites excluding steroid dienone is 1. The molecule has 3 aromatic rings. The Morgan fingerprint density at radius 1 is 1.31 bits per heavy atom. The largest absolute Gasteiger partial charge is 0.495 e. The summed E-state index contributed by atoms with van der Waals surface area (Å²) in [5, 5.41) is 15.4. The van der Waals surface area contributed by atoms with Crippen molar-refractivity contribution in [2.45, 2.75) is 0 Å². The molecule has 3 rings (SSSR count). The highest BCUT2D eigenvalue weighted by Gasteiger charge is 2.10. The fourth-order valence-corrected chi connectivity index (χ4v) is 3.20. The van der Waals surface area contributed by atoms with Gasteiger partial charge in [0.25, 0.3) is 0 Å². The third kappa shape index (κ3) is 4.02. The van der Waals surface area contributed by atoms with Crippen molar-refractivity contribution in [1.82, 2.24) is 4.98 Å². The van der Waals surface area contributed by atoms with Crippen molar-refractivity contribution in [3.8, 4) is 23.1 Å². The Bertz CT molecular complexity index is 993. The normalized spacial score (nSPS) is 11.1. The zero-order valence-corrected chi connectivity index (χ0v) is 15.2. The molecule has 0 atom stereocenters. The van der Waals surface area contributed by atoms with E-state index in [1.165, 1.54) is 23.5 Å². The maximum atomic E-state index is 13.0. The summed E-state index contributed by atoms with van der Waals surface area (Å²) in [6.45, 7) is 0. The van der Waals surface area contributed by atoms with Crippen molar-refractivity contribution in [2.24, 2.45) is 0 Å². The van der Waals surface area contributed by atoms with E-state index in [0.29, 0.717) is 32.7 Å². The molecule has 0 saturated heterocycles. The number of benzene rings is 2. The number of nitrogens with zero attached hydrogens (tertiary/aromatic N) is 2. The highest BCUT2D eigenvalue weighted by molar-refractivity contribution is 7.11. The number of methoxy groups -OCH3 is 1. The molecule has 0 fully saturated rings. The van der Waals surface area contributed by atoms with Crippen LogP contribution < -0.4 is 10.1 Å². The lowest BCUT2D eigenvalue weighted by molar-refractivity contribution is 0.417. The van der Waals surface area contributed by atoms with Crippen molar-refractivity contribution in [2.75, 3.05) is 12.4 Å². The molecule has 26 heavy (non-hydrogen) atoms. The fourth-order valence-electron chi connectivity index (χ4n) is 2.24. The van der Waals surface area contributed by atoms with Gasteiger partial charge in [-0.1, -0.05) is 11.6 Å². The molecule has 0 radical (unpaired) electrons. The van der Waals surface area contributed by atoms with Crippen LogP contribution in [0, 0.1) is 17.1 Å². The van der Waals surface area contributed by atoms with Gasteiger partial charge in [-0.05, 0) is 42.5 Å². The highest BCUT2D eigenvalue weighted by atomic mass is 35.5. The Balaban J connectivity index is 1.86. The average Bonchev–Trinajstić information content (AvgIpc) is 3.13. The number of anilines is 1. The molecule has 0 bridgehead atoms. The number of ether oxygens (including phenoxy) is 1. The molecule has 0 unspecified atom stereocenters. The lowest BCUT2D eigenvalue weighted by Crippen LogP contribution is -1.95. The molecule has 1 heterocycles. The number of thiazole rings is 1. The fraction of sp³-hybridized carbons (Fsp3) is 0.0526. The van der Waals surface area contributed by atoms with Gasteiger partial charge in [0.1, 0.15) is 28.2 Å². The summed E-state index contributed by atoms with van der Waals surface area (Å²) in [4.78, 5) is 4.46. The molecule has 2 aromatic carbocycles. The maximum absolute atomic E-state index is 13.0. The van der Waals surface area contributed by atoms with E-state index in [-0.39, 0.29) is 5.82 Å². The van der Waals surface area contributed by atoms with E-state index in [1.54, 1.807) is 43.6 Å². The second kappa shape index (κ2) is 8.00. The molecule has 1 N–H and O–H groups in total. The van der Waals surface area contributed by atoms with Crippen LogP contribution in [0.3, 0.4) is 0 Å². The van der Waals surface area contributed by atoms with Crippen molar-refractivity contribution >= 4 is 34.2 Å². The second-order valence-electron chi connectivity index (χ2n) is 5.20. The van der Waals surface area contributed by atoms with Gasteiger partial charge in [0.05, 0.1) is 18.5 Å². The standard InChI is InChI=1S/C19H13ClFN3OS/c1-25-18-7-4-14(20)8-16(18)23-10-13(9-22)19-24-17(11-26-19)12-2-5-15(21)6-3-12/h2-8,10-11,23H,1H3. The Kier molecular flexibility index (Phi) is 5.52. The lowest BCUT2D eigenvalue weighted by atomic mass is 10.2. The van der Waals surface area contributed by atoms with Crippen molar-refractivity contribution in [1.29, 1.82) is 5.26 Å². The van der Waals surface area contributed by atoms with E-state index in [9.17, 15) is 9.65 Å². The number of rotatable bonds is 5. The Hall–Kier alpha value is -2.88. The van der Waals surface area contributed by atoms with Crippen molar-refractivity contribution in [3.63, 3.8) is 0 Å². The monoisotopic (exact) mass is 385 g/mol. The summed E-state index contributed by atoms with van der Waals surface area (Å²) in [5.74, 6) is 0.301. The first kappa shape index (κ1) is 17.9. The van der Waals surface area contributed by atoms with Gasteiger partial charge in [-0.15, -0.1) is 11.3 Å². The van der Waals surface area contributed by atoms with Gasteiger partial charge in [-0.25, -0.2) is 9.37 Å². The molecule has 0 aliphatic rings. The number of nitrogens with one attached hydrogen (secondary N) is 1. The minimum Gasteiger partial charge on any atom is -0.495 e. The van der Waals surface area contributed by atoms with Gasteiger partial charge in [0.15, 0.2) is 0 Å². The van der Waals surface area contributed by atoms with Crippen LogP contribution in [-0.4, -0.2) is 12.1 Å². The quantitative estimate of drug-likeness (QED) is 0.582. The number of hydrogen-bond acceptors (Lipinski definition) is 5. The summed E-state index contributed by atoms with van der Waals surface area (Å²) in [5.41, 5.74) is 2.48. The molecule has 0 aliphatic heterocycles. The van der Waals surface area contributed by atoms with Crippen LogP contribution in [0.4, 0.5) is 10.1 Å². The smallest absolute Gasteiger partial charge is 0.142 e. The SMILES string of the molecule is COc1ccc(Cl)cc1NC=C(C#N)c1nc(-c2ccc(F)cc2)cs1. The molecular formula is C19H13ClFN3OS. The first-order valence-corrected chi connectivity index (χ1v) is 8.78. The summed E-state index contributed by atoms with van der Waals surface area (Å²) in [6.07, 6.45) is 1.56. The maximum Gasteiger partial charge on any atom is 0.142 e. The molecule has 1 aromatic heterocycles. The van der Waals surface area contributed by atoms with E-state index in [4.69, 9.17) is 16.3 Å². The van der Waals surface area contributed by atoms with Crippen LogP contribution in [-0.2, 0) is 0 Å². The van der Waals surface area contributed by atoms with Crippen molar-refractivity contribution in [3.05, 3.63) is 69.9 Å². The van der Waals surface area contributed by atoms with E-state index < -0.39 is 0 Å². The van der Waals surface area contributed by atoms with Crippen LogP contribution in [0.15, 0.2) is 54.0 Å². The third-order valence-electron chi connectivity index (χ3n) is 3.53. The first-order valence-electron chi connectivity index (χ1n) is 7.53. The van der Waals surface area contributed by atoms with Crippen LogP contribution in [0.25, 0.3) is 16.8 Å². The first-order chi connectivity index (χ1) is 12.6. The van der Waals surface area contributed by atoms with Gasteiger partial charge in [0.2, 0.25) is 0 Å². The van der Waals surface area contributed by atoms with E-state index in [1.807, 2.05) is 5.38 Å². The van der Waals surface area contributed by atoms with Gasteiger partial charge in [0, 0.05) is 22.2 Å². The predicted octanol–water partition coefficient (Wildman–Crippen LogP) is 5.59. The number of aromatic nitrogens is 1. The Morgan fingerprint density at radius 3 is 2.77 bits per heavy atom. The summed E-state index contributed by atoms with van der Waals surface area (Å²) >= 11 is 7.34. The van der Waals surface area contributed by atoms with Gasteiger partial charge in [-0.3, -0.25) is 0 Å². The molecule has 0 spiro atoms. The Labute approximate surface area is 159 Å². The highest BCUT2D eigenvalue weighted by Crippen LogP contribution is 2.29. The molecule has 0 amide bonds. The second-order valence-corrected chi connectivity index (χ2v) is 6.50. The number of nitriles is 1. The van der Waals surface area contributed by atoms with Crippen LogP contribution in [0.2, 0.25) is 5.02 Å². The lowest BCUT2D eigenvalue weighted by Gasteiger charge is -2.08. The minimum atomic E-state index is -0.304. The summed E-state index contributed by atoms with van der Waals surface area (Å²) in [6, 6.07) is 13.3. The zero-order chi connectivity index (χ0) is 18.5.